The predicted molar refractivity (Wildman–Crippen MR) is 88.0 cm³/mol. The van der Waals surface area contributed by atoms with Gasteiger partial charge in [0.1, 0.15) is 10.9 Å². The van der Waals surface area contributed by atoms with E-state index in [4.69, 9.17) is 28.6 Å². The van der Waals surface area contributed by atoms with E-state index in [2.05, 4.69) is 0 Å². The molecule has 0 aromatic heterocycles. The number of carbonyl (C=O) groups is 2. The van der Waals surface area contributed by atoms with Crippen LogP contribution in [0.1, 0.15) is 12.5 Å². The average molecular weight is 342 g/mol. The molecule has 1 heterocycles. The molecule has 0 bridgehead atoms. The molecule has 0 saturated carbocycles. The molecule has 1 aliphatic heterocycles. The van der Waals surface area contributed by atoms with E-state index < -0.39 is 5.97 Å². The van der Waals surface area contributed by atoms with Gasteiger partial charge in [-0.15, -0.1) is 0 Å². The topological polar surface area (TPSA) is 46.6 Å². The van der Waals surface area contributed by atoms with E-state index >= 15 is 0 Å². The molecule has 0 N–H and O–H groups in total. The van der Waals surface area contributed by atoms with Gasteiger partial charge in [-0.1, -0.05) is 53.8 Å². The van der Waals surface area contributed by atoms with Crippen molar-refractivity contribution in [3.05, 3.63) is 39.8 Å². The van der Waals surface area contributed by atoms with Crippen molar-refractivity contribution in [3.8, 4) is 0 Å². The molecule has 1 aromatic rings. The number of carbonyl (C=O) groups excluding carboxylic acids is 2. The monoisotopic (exact) mass is 341 g/mol. The van der Waals surface area contributed by atoms with Crippen molar-refractivity contribution < 1.29 is 14.3 Å². The van der Waals surface area contributed by atoms with E-state index in [0.29, 0.717) is 14.2 Å². The minimum Gasteiger partial charge on any atom is -0.465 e. The van der Waals surface area contributed by atoms with E-state index in [1.165, 1.54) is 4.90 Å². The van der Waals surface area contributed by atoms with E-state index in [1.54, 1.807) is 25.1 Å². The molecule has 21 heavy (non-hydrogen) atoms. The number of esters is 1. The highest BCUT2D eigenvalue weighted by atomic mass is 35.5. The van der Waals surface area contributed by atoms with Gasteiger partial charge in [-0.2, -0.15) is 0 Å². The number of thioether (sulfide) groups is 1. The smallest absolute Gasteiger partial charge is 0.326 e. The zero-order chi connectivity index (χ0) is 15.4. The first kappa shape index (κ1) is 16.0. The first-order chi connectivity index (χ1) is 10.0. The minimum atomic E-state index is -0.479. The number of hydrogen-bond acceptors (Lipinski definition) is 5. The molecule has 0 radical (unpaired) electrons. The van der Waals surface area contributed by atoms with Crippen molar-refractivity contribution in [2.24, 2.45) is 0 Å². The number of ether oxygens (including phenoxy) is 1. The van der Waals surface area contributed by atoms with Crippen LogP contribution < -0.4 is 0 Å². The van der Waals surface area contributed by atoms with Gasteiger partial charge >= 0.3 is 5.97 Å². The third kappa shape index (κ3) is 3.84. The van der Waals surface area contributed by atoms with Crippen LogP contribution in [0.2, 0.25) is 5.02 Å². The second kappa shape index (κ2) is 7.06. The maximum absolute atomic E-state index is 12.3. The Bertz CT molecular complexity index is 630. The quantitative estimate of drug-likeness (QED) is 0.478. The van der Waals surface area contributed by atoms with Crippen molar-refractivity contribution >= 4 is 57.9 Å². The highest BCUT2D eigenvalue weighted by molar-refractivity contribution is 8.26. The number of rotatable bonds is 4. The molecule has 1 saturated heterocycles. The summed E-state index contributed by atoms with van der Waals surface area (Å²) in [6.07, 6.45) is 1.67. The third-order valence-corrected chi connectivity index (χ3v) is 4.38. The van der Waals surface area contributed by atoms with Gasteiger partial charge in [0.15, 0.2) is 0 Å². The normalized spacial score (nSPS) is 16.7. The van der Waals surface area contributed by atoms with Crippen LogP contribution in [-0.4, -0.2) is 34.2 Å². The molecule has 1 aromatic carbocycles. The van der Waals surface area contributed by atoms with Crippen LogP contribution in [0, 0.1) is 0 Å². The summed E-state index contributed by atoms with van der Waals surface area (Å²) >= 11 is 12.3. The molecule has 0 aliphatic carbocycles. The van der Waals surface area contributed by atoms with Gasteiger partial charge in [0.25, 0.3) is 5.91 Å². The zero-order valence-corrected chi connectivity index (χ0v) is 13.6. The molecule has 0 spiro atoms. The first-order valence-corrected chi connectivity index (χ1v) is 7.78. The second-order valence-electron chi connectivity index (χ2n) is 4.09. The summed E-state index contributed by atoms with van der Waals surface area (Å²) in [4.78, 5) is 25.4. The Morgan fingerprint density at radius 3 is 2.86 bits per heavy atom. The SMILES string of the molecule is CCOC(=O)CN1C(=O)C(=Cc2ccccc2Cl)SC1=S. The second-order valence-corrected chi connectivity index (χ2v) is 6.18. The molecule has 4 nitrogen and oxygen atoms in total. The summed E-state index contributed by atoms with van der Waals surface area (Å²) in [5.74, 6) is -0.786. The molecule has 2 rings (SSSR count). The van der Waals surface area contributed by atoms with Gasteiger partial charge in [-0.05, 0) is 24.6 Å². The average Bonchev–Trinajstić information content (AvgIpc) is 2.69. The van der Waals surface area contributed by atoms with Crippen LogP contribution in [-0.2, 0) is 14.3 Å². The summed E-state index contributed by atoms with van der Waals surface area (Å²) in [5, 5.41) is 0.549. The number of nitrogens with zero attached hydrogens (tertiary/aromatic N) is 1. The molecule has 1 fully saturated rings. The fourth-order valence-corrected chi connectivity index (χ4v) is 3.14. The molecule has 1 amide bonds. The molecule has 110 valence electrons. The lowest BCUT2D eigenvalue weighted by Gasteiger charge is -2.12. The molecule has 1 aliphatic rings. The summed E-state index contributed by atoms with van der Waals surface area (Å²) in [6.45, 7) is 1.81. The Labute approximate surface area is 137 Å². The van der Waals surface area contributed by atoms with Gasteiger partial charge in [0.05, 0.1) is 11.5 Å². The summed E-state index contributed by atoms with van der Waals surface area (Å²) < 4.78 is 5.17. The summed E-state index contributed by atoms with van der Waals surface area (Å²) in [7, 11) is 0. The highest BCUT2D eigenvalue weighted by Gasteiger charge is 2.33. The Morgan fingerprint density at radius 2 is 2.19 bits per heavy atom. The van der Waals surface area contributed by atoms with Crippen molar-refractivity contribution in [1.82, 2.24) is 4.90 Å². The third-order valence-electron chi connectivity index (χ3n) is 2.66. The lowest BCUT2D eigenvalue weighted by Crippen LogP contribution is -2.34. The van der Waals surface area contributed by atoms with Crippen LogP contribution in [0.4, 0.5) is 0 Å². The van der Waals surface area contributed by atoms with Gasteiger partial charge in [0.2, 0.25) is 0 Å². The molecule has 0 unspecified atom stereocenters. The standard InChI is InChI=1S/C14H12ClNO3S2/c1-2-19-12(17)8-16-13(18)11(21-14(16)20)7-9-5-3-4-6-10(9)15/h3-7H,2,8H2,1H3. The number of thiocarbonyl (C=S) groups is 1. The van der Waals surface area contributed by atoms with Crippen molar-refractivity contribution in [2.45, 2.75) is 6.92 Å². The number of halogens is 1. The van der Waals surface area contributed by atoms with E-state index in [-0.39, 0.29) is 19.1 Å². The Balaban J connectivity index is 2.18. The van der Waals surface area contributed by atoms with Gasteiger partial charge in [-0.3, -0.25) is 14.5 Å². The first-order valence-electron chi connectivity index (χ1n) is 6.18. The fraction of sp³-hybridized carbons (Fsp3) is 0.214. The van der Waals surface area contributed by atoms with Crippen LogP contribution >= 0.6 is 35.6 Å². The van der Waals surface area contributed by atoms with Crippen LogP contribution in [0.25, 0.3) is 6.08 Å². The Hall–Kier alpha value is -1.37. The van der Waals surface area contributed by atoms with E-state index in [1.807, 2.05) is 12.1 Å². The van der Waals surface area contributed by atoms with Crippen molar-refractivity contribution in [3.63, 3.8) is 0 Å². The zero-order valence-electron chi connectivity index (χ0n) is 11.2. The maximum atomic E-state index is 12.3. The van der Waals surface area contributed by atoms with Gasteiger partial charge < -0.3 is 4.74 Å². The number of amides is 1. The largest absolute Gasteiger partial charge is 0.465 e. The molecule has 7 heteroatoms. The van der Waals surface area contributed by atoms with Crippen LogP contribution in [0.3, 0.4) is 0 Å². The van der Waals surface area contributed by atoms with E-state index in [9.17, 15) is 9.59 Å². The van der Waals surface area contributed by atoms with Crippen LogP contribution in [0.5, 0.6) is 0 Å². The fourth-order valence-electron chi connectivity index (χ4n) is 1.71. The van der Waals surface area contributed by atoms with Crippen LogP contribution in [0.15, 0.2) is 29.2 Å². The van der Waals surface area contributed by atoms with E-state index in [0.717, 1.165) is 17.3 Å². The lowest BCUT2D eigenvalue weighted by atomic mass is 10.2. The summed E-state index contributed by atoms with van der Waals surface area (Å²) in [5.41, 5.74) is 0.732. The van der Waals surface area contributed by atoms with Crippen molar-refractivity contribution in [1.29, 1.82) is 0 Å². The van der Waals surface area contributed by atoms with Gasteiger partial charge in [0, 0.05) is 5.02 Å². The number of benzene rings is 1. The summed E-state index contributed by atoms with van der Waals surface area (Å²) in [6, 6.07) is 7.19. The maximum Gasteiger partial charge on any atom is 0.326 e. The van der Waals surface area contributed by atoms with Crippen molar-refractivity contribution in [2.75, 3.05) is 13.2 Å². The number of hydrogen-bond donors (Lipinski definition) is 0. The Morgan fingerprint density at radius 1 is 1.48 bits per heavy atom. The lowest BCUT2D eigenvalue weighted by molar-refractivity contribution is -0.145. The predicted octanol–water partition coefficient (Wildman–Crippen LogP) is 3.10. The minimum absolute atomic E-state index is 0.168. The molecular weight excluding hydrogens is 330 g/mol. The van der Waals surface area contributed by atoms with Gasteiger partial charge in [-0.25, -0.2) is 0 Å². The Kier molecular flexibility index (Phi) is 5.39. The highest BCUT2D eigenvalue weighted by Crippen LogP contribution is 2.33. The molecular formula is C14H12ClNO3S2. The molecule has 0 atom stereocenters.